The molecule has 0 spiro atoms. The van der Waals surface area contributed by atoms with E-state index in [0.717, 1.165) is 19.3 Å². The molecule has 0 radical (unpaired) electrons. The number of hydrogen-bond donors (Lipinski definition) is 2. The zero-order chi connectivity index (χ0) is 14.8. The first-order valence-electron chi connectivity index (χ1n) is 8.45. The molecule has 0 amide bonds. The molecule has 0 unspecified atom stereocenters. The number of aliphatic hydroxyl groups is 1. The number of fused-ring (bicyclic) bond motifs is 5. The molecule has 0 bridgehead atoms. The second-order valence-electron chi connectivity index (χ2n) is 8.13. The van der Waals surface area contributed by atoms with E-state index in [9.17, 15) is 10.2 Å². The van der Waals surface area contributed by atoms with Gasteiger partial charge >= 0.3 is 0 Å². The van der Waals surface area contributed by atoms with Crippen LogP contribution in [0.25, 0.3) is 0 Å². The van der Waals surface area contributed by atoms with Gasteiger partial charge in [-0.1, -0.05) is 19.9 Å². The van der Waals surface area contributed by atoms with E-state index in [1.54, 1.807) is 0 Å². The first-order valence-corrected chi connectivity index (χ1v) is 8.45. The van der Waals surface area contributed by atoms with Gasteiger partial charge in [0.2, 0.25) is 0 Å². The summed E-state index contributed by atoms with van der Waals surface area (Å²) < 4.78 is 0. The Hall–Kier alpha value is -1.02. The van der Waals surface area contributed by atoms with Gasteiger partial charge in [-0.2, -0.15) is 0 Å². The molecule has 114 valence electrons. The zero-order valence-electron chi connectivity index (χ0n) is 13.1. The standard InChI is InChI=1S/C19H26O2/c1-18-9-7-12-11-13(20)3-4-14(12)15(18)8-10-19(2)16(18)5-6-17(19)21/h3-4,11,15-17,20-21H,5-10H2,1-2H3/t15-,16+,17+,18-,19+/m1/s1. The van der Waals surface area contributed by atoms with Crippen LogP contribution in [0.4, 0.5) is 0 Å². The predicted molar refractivity (Wildman–Crippen MR) is 83.3 cm³/mol. The summed E-state index contributed by atoms with van der Waals surface area (Å²) in [5.41, 5.74) is 3.25. The molecule has 21 heavy (non-hydrogen) atoms. The topological polar surface area (TPSA) is 40.5 Å². The molecule has 0 aromatic heterocycles. The van der Waals surface area contributed by atoms with Crippen molar-refractivity contribution in [3.63, 3.8) is 0 Å². The second-order valence-corrected chi connectivity index (χ2v) is 8.13. The second kappa shape index (κ2) is 4.25. The fourth-order valence-corrected chi connectivity index (χ4v) is 6.08. The van der Waals surface area contributed by atoms with E-state index in [4.69, 9.17) is 0 Å². The lowest BCUT2D eigenvalue weighted by molar-refractivity contribution is -0.0666. The monoisotopic (exact) mass is 286 g/mol. The van der Waals surface area contributed by atoms with E-state index in [1.807, 2.05) is 12.1 Å². The molecule has 1 aromatic carbocycles. The van der Waals surface area contributed by atoms with Gasteiger partial charge in [0.15, 0.2) is 0 Å². The third-order valence-corrected chi connectivity index (χ3v) is 7.28. The highest BCUT2D eigenvalue weighted by Crippen LogP contribution is 2.66. The lowest BCUT2D eigenvalue weighted by Gasteiger charge is -2.57. The van der Waals surface area contributed by atoms with Gasteiger partial charge in [0.25, 0.3) is 0 Å². The van der Waals surface area contributed by atoms with Gasteiger partial charge in [-0.05, 0) is 84.5 Å². The number of aryl methyl sites for hydroxylation is 1. The van der Waals surface area contributed by atoms with Crippen molar-refractivity contribution in [3.8, 4) is 5.75 Å². The van der Waals surface area contributed by atoms with Crippen LogP contribution >= 0.6 is 0 Å². The number of phenolic OH excluding ortho intramolecular Hbond substituents is 1. The molecule has 3 aliphatic carbocycles. The van der Waals surface area contributed by atoms with Crippen molar-refractivity contribution in [2.24, 2.45) is 16.7 Å². The van der Waals surface area contributed by atoms with Crippen molar-refractivity contribution in [1.29, 1.82) is 0 Å². The molecule has 5 atom stereocenters. The van der Waals surface area contributed by atoms with Crippen LogP contribution < -0.4 is 0 Å². The molecule has 2 nitrogen and oxygen atoms in total. The number of benzene rings is 1. The molecular formula is C19H26O2. The van der Waals surface area contributed by atoms with E-state index >= 15 is 0 Å². The van der Waals surface area contributed by atoms with Gasteiger partial charge in [-0.3, -0.25) is 0 Å². The molecule has 2 heteroatoms. The van der Waals surface area contributed by atoms with Crippen LogP contribution in [0.5, 0.6) is 5.75 Å². The third kappa shape index (κ3) is 1.69. The maximum atomic E-state index is 10.5. The van der Waals surface area contributed by atoms with E-state index < -0.39 is 0 Å². The number of hydrogen-bond acceptors (Lipinski definition) is 2. The number of phenols is 1. The van der Waals surface area contributed by atoms with Crippen LogP contribution in [0.3, 0.4) is 0 Å². The minimum atomic E-state index is -0.110. The molecular weight excluding hydrogens is 260 g/mol. The van der Waals surface area contributed by atoms with Gasteiger partial charge in [-0.25, -0.2) is 0 Å². The summed E-state index contributed by atoms with van der Waals surface area (Å²) in [4.78, 5) is 0. The number of aliphatic hydroxyl groups excluding tert-OH is 1. The molecule has 2 N–H and O–H groups in total. The van der Waals surface area contributed by atoms with E-state index in [2.05, 4.69) is 19.9 Å². The highest BCUT2D eigenvalue weighted by Gasteiger charge is 2.59. The fraction of sp³-hybridized carbons (Fsp3) is 0.684. The van der Waals surface area contributed by atoms with Gasteiger partial charge < -0.3 is 10.2 Å². The Balaban J connectivity index is 1.78. The Morgan fingerprint density at radius 3 is 2.67 bits per heavy atom. The summed E-state index contributed by atoms with van der Waals surface area (Å²) in [5, 5.41) is 20.2. The summed E-state index contributed by atoms with van der Waals surface area (Å²) >= 11 is 0. The fourth-order valence-electron chi connectivity index (χ4n) is 6.08. The maximum absolute atomic E-state index is 10.5. The van der Waals surface area contributed by atoms with E-state index in [1.165, 1.54) is 30.4 Å². The largest absolute Gasteiger partial charge is 0.508 e. The van der Waals surface area contributed by atoms with Crippen molar-refractivity contribution in [2.45, 2.75) is 64.4 Å². The summed E-state index contributed by atoms with van der Waals surface area (Å²) in [6, 6.07) is 5.97. The SMILES string of the molecule is C[C@@]12CCc3cc(O)ccc3[C@H]1CC[C@@]1(C)[C@H]2CC[C@@H]1O. The van der Waals surface area contributed by atoms with Crippen molar-refractivity contribution in [2.75, 3.05) is 0 Å². The normalized spacial score (nSPS) is 44.8. The summed E-state index contributed by atoms with van der Waals surface area (Å²) in [6.07, 6.45) is 6.63. The van der Waals surface area contributed by atoms with Gasteiger partial charge in [0.1, 0.15) is 5.75 Å². The van der Waals surface area contributed by atoms with E-state index in [-0.39, 0.29) is 11.5 Å². The Morgan fingerprint density at radius 1 is 1.05 bits per heavy atom. The van der Waals surface area contributed by atoms with Crippen molar-refractivity contribution < 1.29 is 10.2 Å². The van der Waals surface area contributed by atoms with Crippen molar-refractivity contribution >= 4 is 0 Å². The van der Waals surface area contributed by atoms with Gasteiger partial charge in [-0.15, -0.1) is 0 Å². The van der Waals surface area contributed by atoms with Crippen LogP contribution in [0.15, 0.2) is 18.2 Å². The lowest BCUT2D eigenvalue weighted by atomic mass is 9.48. The van der Waals surface area contributed by atoms with Gasteiger partial charge in [0.05, 0.1) is 6.10 Å². The highest BCUT2D eigenvalue weighted by atomic mass is 16.3. The van der Waals surface area contributed by atoms with Crippen LogP contribution in [-0.4, -0.2) is 16.3 Å². The quantitative estimate of drug-likeness (QED) is 0.757. The average molecular weight is 286 g/mol. The Morgan fingerprint density at radius 2 is 1.86 bits per heavy atom. The molecule has 2 fully saturated rings. The predicted octanol–water partition coefficient (Wildman–Crippen LogP) is 4.00. The zero-order valence-corrected chi connectivity index (χ0v) is 13.1. The molecule has 0 aliphatic heterocycles. The molecule has 0 heterocycles. The van der Waals surface area contributed by atoms with E-state index in [0.29, 0.717) is 23.0 Å². The van der Waals surface area contributed by atoms with Gasteiger partial charge in [0, 0.05) is 0 Å². The first-order chi connectivity index (χ1) is 9.95. The summed E-state index contributed by atoms with van der Waals surface area (Å²) in [5.74, 6) is 1.64. The number of rotatable bonds is 0. The lowest BCUT2D eigenvalue weighted by Crippen LogP contribution is -2.50. The molecule has 2 saturated carbocycles. The van der Waals surface area contributed by atoms with Crippen LogP contribution in [0.1, 0.15) is 63.0 Å². The van der Waals surface area contributed by atoms with Crippen LogP contribution in [-0.2, 0) is 6.42 Å². The summed E-state index contributed by atoms with van der Waals surface area (Å²) in [7, 11) is 0. The van der Waals surface area contributed by atoms with Crippen molar-refractivity contribution in [1.82, 2.24) is 0 Å². The third-order valence-electron chi connectivity index (χ3n) is 7.28. The first kappa shape index (κ1) is 13.6. The molecule has 1 aromatic rings. The molecule has 4 rings (SSSR count). The van der Waals surface area contributed by atoms with Crippen LogP contribution in [0, 0.1) is 16.7 Å². The maximum Gasteiger partial charge on any atom is 0.115 e. The summed E-state index contributed by atoms with van der Waals surface area (Å²) in [6.45, 7) is 4.79. The smallest absolute Gasteiger partial charge is 0.115 e. The molecule has 0 saturated heterocycles. The highest BCUT2D eigenvalue weighted by molar-refractivity contribution is 5.41. The minimum Gasteiger partial charge on any atom is -0.508 e. The van der Waals surface area contributed by atoms with Crippen LogP contribution in [0.2, 0.25) is 0 Å². The Labute approximate surface area is 127 Å². The Kier molecular flexibility index (Phi) is 2.76. The van der Waals surface area contributed by atoms with Crippen molar-refractivity contribution in [3.05, 3.63) is 29.3 Å². The number of aromatic hydroxyl groups is 1. The molecule has 3 aliphatic rings. The minimum absolute atomic E-state index is 0.110. The Bertz CT molecular complexity index is 581. The average Bonchev–Trinajstić information content (AvgIpc) is 2.75.